The van der Waals surface area contributed by atoms with Crippen LogP contribution >= 0.6 is 0 Å². The lowest BCUT2D eigenvalue weighted by Crippen LogP contribution is -2.36. The first-order valence-corrected chi connectivity index (χ1v) is 6.95. The van der Waals surface area contributed by atoms with Gasteiger partial charge in [-0.05, 0) is 31.4 Å². The Bertz CT molecular complexity index is 624. The molecule has 0 unspecified atom stereocenters. The van der Waals surface area contributed by atoms with Gasteiger partial charge in [0.2, 0.25) is 5.91 Å². The highest BCUT2D eigenvalue weighted by atomic mass is 19.4. The molecule has 0 heterocycles. The van der Waals surface area contributed by atoms with Crippen LogP contribution in [-0.2, 0) is 16.1 Å². The van der Waals surface area contributed by atoms with Gasteiger partial charge in [-0.2, -0.15) is 13.2 Å². The zero-order valence-electron chi connectivity index (χ0n) is 12.4. The fraction of sp³-hybridized carbons (Fsp3) is 0.467. The lowest BCUT2D eigenvalue weighted by molar-refractivity contribution is -0.154. The minimum absolute atomic E-state index is 0.0165. The van der Waals surface area contributed by atoms with Gasteiger partial charge in [0, 0.05) is 12.1 Å². The van der Waals surface area contributed by atoms with Crippen LogP contribution in [0.1, 0.15) is 24.0 Å². The summed E-state index contributed by atoms with van der Waals surface area (Å²) in [6.45, 7) is 0.171. The number of halogens is 3. The van der Waals surface area contributed by atoms with Crippen LogP contribution in [0.5, 0.6) is 5.75 Å². The van der Waals surface area contributed by atoms with Crippen molar-refractivity contribution in [3.05, 3.63) is 29.3 Å². The van der Waals surface area contributed by atoms with E-state index in [-0.39, 0.29) is 25.1 Å². The van der Waals surface area contributed by atoms with Gasteiger partial charge in [0.1, 0.15) is 11.2 Å². The number of aryl methyl sites for hydroxylation is 1. The van der Waals surface area contributed by atoms with Crippen molar-refractivity contribution < 1.29 is 32.6 Å². The van der Waals surface area contributed by atoms with Crippen LogP contribution in [-0.4, -0.2) is 29.8 Å². The number of hydrogen-bond donors (Lipinski definition) is 2. The van der Waals surface area contributed by atoms with E-state index in [9.17, 15) is 22.8 Å². The molecule has 2 N–H and O–H groups in total. The molecule has 5 nitrogen and oxygen atoms in total. The number of carboxylic acid groups (broad SMARTS) is 1. The average Bonchev–Trinajstić information content (AvgIpc) is 3.24. The molecule has 1 aliphatic rings. The Kier molecular flexibility index (Phi) is 4.53. The molecule has 0 spiro atoms. The SMILES string of the molecule is Cc1ccc(CNC(=O)C2(C(=O)O)CC2)c(OCC(F)(F)F)c1. The van der Waals surface area contributed by atoms with Gasteiger partial charge in [0.05, 0.1) is 0 Å². The number of carbonyl (C=O) groups is 2. The van der Waals surface area contributed by atoms with Gasteiger partial charge in [-0.15, -0.1) is 0 Å². The van der Waals surface area contributed by atoms with Crippen molar-refractivity contribution in [2.24, 2.45) is 5.41 Å². The van der Waals surface area contributed by atoms with Crippen LogP contribution in [0.4, 0.5) is 13.2 Å². The molecule has 0 bridgehead atoms. The third-order valence-electron chi connectivity index (χ3n) is 3.65. The number of aliphatic carboxylic acids is 1. The van der Waals surface area contributed by atoms with Gasteiger partial charge < -0.3 is 15.2 Å². The third-order valence-corrected chi connectivity index (χ3v) is 3.65. The second-order valence-electron chi connectivity index (χ2n) is 5.58. The highest BCUT2D eigenvalue weighted by molar-refractivity contribution is 6.04. The van der Waals surface area contributed by atoms with E-state index in [1.807, 2.05) is 0 Å². The molecule has 0 aliphatic heterocycles. The number of carboxylic acids is 1. The fourth-order valence-corrected chi connectivity index (χ4v) is 2.11. The van der Waals surface area contributed by atoms with E-state index in [0.717, 1.165) is 0 Å². The fourth-order valence-electron chi connectivity index (χ4n) is 2.11. The van der Waals surface area contributed by atoms with Crippen molar-refractivity contribution in [3.8, 4) is 5.75 Å². The quantitative estimate of drug-likeness (QED) is 0.785. The Morgan fingerprint density at radius 2 is 2.00 bits per heavy atom. The van der Waals surface area contributed by atoms with E-state index >= 15 is 0 Å². The molecule has 1 aliphatic carbocycles. The second kappa shape index (κ2) is 6.10. The van der Waals surface area contributed by atoms with E-state index in [1.165, 1.54) is 6.07 Å². The minimum atomic E-state index is -4.47. The van der Waals surface area contributed by atoms with E-state index in [1.54, 1.807) is 19.1 Å². The molecular weight excluding hydrogens is 315 g/mol. The largest absolute Gasteiger partial charge is 0.484 e. The number of nitrogens with one attached hydrogen (secondary N) is 1. The van der Waals surface area contributed by atoms with Crippen molar-refractivity contribution in [1.29, 1.82) is 0 Å². The van der Waals surface area contributed by atoms with Gasteiger partial charge in [-0.25, -0.2) is 0 Å². The monoisotopic (exact) mass is 331 g/mol. The molecule has 0 aromatic heterocycles. The molecule has 1 aromatic rings. The summed E-state index contributed by atoms with van der Waals surface area (Å²) < 4.78 is 41.6. The second-order valence-corrected chi connectivity index (χ2v) is 5.58. The van der Waals surface area contributed by atoms with Crippen LogP contribution in [0.3, 0.4) is 0 Å². The highest BCUT2D eigenvalue weighted by Crippen LogP contribution is 2.46. The van der Waals surface area contributed by atoms with Crippen LogP contribution in [0.2, 0.25) is 0 Å². The van der Waals surface area contributed by atoms with Gasteiger partial charge in [-0.3, -0.25) is 9.59 Å². The van der Waals surface area contributed by atoms with Gasteiger partial charge in [0.15, 0.2) is 6.61 Å². The van der Waals surface area contributed by atoms with E-state index in [4.69, 9.17) is 9.84 Å². The smallest absolute Gasteiger partial charge is 0.422 e. The molecule has 1 amide bonds. The van der Waals surface area contributed by atoms with Crippen molar-refractivity contribution in [2.45, 2.75) is 32.5 Å². The van der Waals surface area contributed by atoms with Crippen molar-refractivity contribution in [2.75, 3.05) is 6.61 Å². The Morgan fingerprint density at radius 3 is 2.52 bits per heavy atom. The number of ether oxygens (including phenoxy) is 1. The van der Waals surface area contributed by atoms with Crippen LogP contribution < -0.4 is 10.1 Å². The Morgan fingerprint density at radius 1 is 1.35 bits per heavy atom. The first-order chi connectivity index (χ1) is 10.6. The average molecular weight is 331 g/mol. The van der Waals surface area contributed by atoms with Crippen molar-refractivity contribution in [3.63, 3.8) is 0 Å². The zero-order valence-corrected chi connectivity index (χ0v) is 12.4. The summed E-state index contributed by atoms with van der Waals surface area (Å²) in [5.74, 6) is -1.80. The zero-order chi connectivity index (χ0) is 17.3. The Hall–Kier alpha value is -2.25. The summed E-state index contributed by atoms with van der Waals surface area (Å²) >= 11 is 0. The molecular formula is C15H16F3NO4. The van der Waals surface area contributed by atoms with E-state index in [0.29, 0.717) is 11.1 Å². The maximum Gasteiger partial charge on any atom is 0.422 e. The number of amides is 1. The van der Waals surface area contributed by atoms with Gasteiger partial charge in [-0.1, -0.05) is 12.1 Å². The molecule has 1 fully saturated rings. The maximum atomic E-state index is 12.3. The number of benzene rings is 1. The number of alkyl halides is 3. The molecule has 1 saturated carbocycles. The van der Waals surface area contributed by atoms with Crippen LogP contribution in [0.15, 0.2) is 18.2 Å². The summed E-state index contributed by atoms with van der Waals surface area (Å²) in [6, 6.07) is 4.66. The summed E-state index contributed by atoms with van der Waals surface area (Å²) in [6.07, 6.45) is -3.94. The molecule has 0 atom stereocenters. The Labute approximate surface area is 130 Å². The lowest BCUT2D eigenvalue weighted by atomic mass is 10.1. The third kappa shape index (κ3) is 4.14. The van der Waals surface area contributed by atoms with Gasteiger partial charge in [0.25, 0.3) is 0 Å². The topological polar surface area (TPSA) is 75.6 Å². The standard InChI is InChI=1S/C15H16F3NO4/c1-9-2-3-10(11(6-9)23-8-15(16,17)18)7-19-12(20)14(4-5-14)13(21)22/h2-3,6H,4-5,7-8H2,1H3,(H,19,20)(H,21,22). The summed E-state index contributed by atoms with van der Waals surface area (Å²) in [7, 11) is 0. The summed E-state index contributed by atoms with van der Waals surface area (Å²) in [5.41, 5.74) is -0.326. The normalized spacial score (nSPS) is 15.8. The number of hydrogen-bond acceptors (Lipinski definition) is 3. The molecule has 2 rings (SSSR count). The lowest BCUT2D eigenvalue weighted by Gasteiger charge is -2.15. The number of carbonyl (C=O) groups excluding carboxylic acids is 1. The van der Waals surface area contributed by atoms with E-state index < -0.39 is 30.1 Å². The molecule has 23 heavy (non-hydrogen) atoms. The molecule has 1 aromatic carbocycles. The predicted octanol–water partition coefficient (Wildman–Crippen LogP) is 2.42. The van der Waals surface area contributed by atoms with Crippen LogP contribution in [0, 0.1) is 12.3 Å². The minimum Gasteiger partial charge on any atom is -0.484 e. The van der Waals surface area contributed by atoms with Crippen molar-refractivity contribution >= 4 is 11.9 Å². The molecule has 126 valence electrons. The van der Waals surface area contributed by atoms with Gasteiger partial charge >= 0.3 is 12.1 Å². The Balaban J connectivity index is 2.05. The predicted molar refractivity (Wildman–Crippen MR) is 73.9 cm³/mol. The highest BCUT2D eigenvalue weighted by Gasteiger charge is 2.56. The maximum absolute atomic E-state index is 12.3. The summed E-state index contributed by atoms with van der Waals surface area (Å²) in [5, 5.41) is 11.5. The molecule has 0 saturated heterocycles. The van der Waals surface area contributed by atoms with Crippen LogP contribution in [0.25, 0.3) is 0 Å². The number of rotatable bonds is 6. The molecule has 0 radical (unpaired) electrons. The molecule has 8 heteroatoms. The summed E-state index contributed by atoms with van der Waals surface area (Å²) in [4.78, 5) is 23.0. The van der Waals surface area contributed by atoms with Crippen molar-refractivity contribution in [1.82, 2.24) is 5.32 Å². The first-order valence-electron chi connectivity index (χ1n) is 6.95. The first kappa shape index (κ1) is 17.1. The van der Waals surface area contributed by atoms with E-state index in [2.05, 4.69) is 5.32 Å².